The summed E-state index contributed by atoms with van der Waals surface area (Å²) in [6, 6.07) is 20.7. The van der Waals surface area contributed by atoms with E-state index in [9.17, 15) is 14.4 Å². The van der Waals surface area contributed by atoms with Crippen LogP contribution in [-0.4, -0.2) is 42.8 Å². The second kappa shape index (κ2) is 11.7. The summed E-state index contributed by atoms with van der Waals surface area (Å²) in [7, 11) is 0. The predicted octanol–water partition coefficient (Wildman–Crippen LogP) is 4.68. The van der Waals surface area contributed by atoms with Gasteiger partial charge < -0.3 is 5.32 Å². The highest BCUT2D eigenvalue weighted by Crippen LogP contribution is 2.28. The van der Waals surface area contributed by atoms with Crippen molar-refractivity contribution in [3.05, 3.63) is 128 Å². The lowest BCUT2D eigenvalue weighted by molar-refractivity contribution is -0.121. The highest BCUT2D eigenvalue weighted by Gasteiger charge is 2.25. The highest BCUT2D eigenvalue weighted by molar-refractivity contribution is 6.31. The minimum atomic E-state index is -0.797. The number of Topliss-reactive ketones (excluding diaryl/α,β-unsaturated/α-hetero) is 1. The maximum absolute atomic E-state index is 13.8. The zero-order chi connectivity index (χ0) is 29.2. The average Bonchev–Trinajstić information content (AvgIpc) is 3.42. The van der Waals surface area contributed by atoms with Crippen LogP contribution in [0.2, 0.25) is 10.2 Å². The zero-order valence-electron chi connectivity index (χ0n) is 22.2. The van der Waals surface area contributed by atoms with E-state index in [4.69, 9.17) is 23.2 Å². The topological polar surface area (TPSA) is 112 Å². The Hall–Kier alpha value is -4.60. The van der Waals surface area contributed by atoms with E-state index >= 15 is 0 Å². The third-order valence-corrected chi connectivity index (χ3v) is 7.64. The fourth-order valence-electron chi connectivity index (χ4n) is 5.18. The van der Waals surface area contributed by atoms with Crippen LogP contribution >= 0.6 is 23.2 Å². The van der Waals surface area contributed by atoms with Crippen LogP contribution in [0.3, 0.4) is 0 Å². The molecule has 0 saturated heterocycles. The summed E-state index contributed by atoms with van der Waals surface area (Å²) in [5.74, 6) is -0.250. The molecule has 0 fully saturated rings. The van der Waals surface area contributed by atoms with Gasteiger partial charge in [0.15, 0.2) is 10.9 Å². The molecule has 1 N–H and O–H groups in total. The third kappa shape index (κ3) is 5.74. The first-order chi connectivity index (χ1) is 20.4. The molecule has 0 spiro atoms. The van der Waals surface area contributed by atoms with Crippen molar-refractivity contribution in [2.45, 2.75) is 25.3 Å². The van der Waals surface area contributed by atoms with Gasteiger partial charge in [0.1, 0.15) is 6.04 Å². The van der Waals surface area contributed by atoms with Gasteiger partial charge in [0.2, 0.25) is 0 Å². The molecule has 0 unspecified atom stereocenters. The van der Waals surface area contributed by atoms with E-state index in [0.29, 0.717) is 46.9 Å². The smallest absolute Gasteiger partial charge is 0.254 e. The molecule has 0 saturated carbocycles. The third-order valence-electron chi connectivity index (χ3n) is 7.23. The molecule has 1 aliphatic rings. The van der Waals surface area contributed by atoms with Crippen molar-refractivity contribution in [1.29, 1.82) is 0 Å². The van der Waals surface area contributed by atoms with Crippen LogP contribution in [0.15, 0.2) is 90.1 Å². The number of rotatable bonds is 8. The first-order valence-electron chi connectivity index (χ1n) is 13.3. The van der Waals surface area contributed by atoms with Gasteiger partial charge in [-0.25, -0.2) is 9.67 Å². The van der Waals surface area contributed by atoms with Gasteiger partial charge in [0.05, 0.1) is 23.9 Å². The predicted molar refractivity (Wildman–Crippen MR) is 159 cm³/mol. The number of benzene rings is 3. The maximum atomic E-state index is 13.8. The van der Waals surface area contributed by atoms with E-state index in [-0.39, 0.29) is 28.8 Å². The van der Waals surface area contributed by atoms with Crippen molar-refractivity contribution >= 4 is 34.9 Å². The first-order valence-corrected chi connectivity index (χ1v) is 14.0. The molecule has 0 bridgehead atoms. The minimum absolute atomic E-state index is 0.103. The van der Waals surface area contributed by atoms with Crippen LogP contribution in [0.4, 0.5) is 0 Å². The summed E-state index contributed by atoms with van der Waals surface area (Å²) >= 11 is 12.3. The first kappa shape index (κ1) is 27.6. The Morgan fingerprint density at radius 1 is 0.952 bits per heavy atom. The van der Waals surface area contributed by atoms with Crippen molar-refractivity contribution in [3.8, 4) is 16.9 Å². The second-order valence-corrected chi connectivity index (χ2v) is 10.8. The molecule has 3 aromatic carbocycles. The van der Waals surface area contributed by atoms with E-state index in [1.54, 1.807) is 30.3 Å². The molecule has 11 heteroatoms. The number of halogens is 2. The quantitative estimate of drug-likeness (QED) is 0.277. The number of ketones is 1. The highest BCUT2D eigenvalue weighted by atomic mass is 35.5. The van der Waals surface area contributed by atoms with E-state index in [2.05, 4.69) is 20.6 Å². The molecular weight excluding hydrogens is 575 g/mol. The monoisotopic (exact) mass is 598 g/mol. The zero-order valence-corrected chi connectivity index (χ0v) is 23.7. The molecule has 3 heterocycles. The number of carbonyl (C=O) groups excluding carboxylic acids is 2. The Morgan fingerprint density at radius 3 is 2.55 bits per heavy atom. The van der Waals surface area contributed by atoms with E-state index in [0.717, 1.165) is 16.7 Å². The lowest BCUT2D eigenvalue weighted by Gasteiger charge is -2.20. The number of fused-ring (bicyclic) bond motifs is 1. The van der Waals surface area contributed by atoms with Crippen molar-refractivity contribution in [3.63, 3.8) is 0 Å². The van der Waals surface area contributed by atoms with Gasteiger partial charge in [-0.2, -0.15) is 0 Å². The lowest BCUT2D eigenvalue weighted by atomic mass is 9.93. The molecule has 0 radical (unpaired) electrons. The fourth-order valence-corrected chi connectivity index (χ4v) is 5.48. The largest absolute Gasteiger partial charge is 0.352 e. The molecule has 1 aliphatic heterocycles. The summed E-state index contributed by atoms with van der Waals surface area (Å²) in [5.41, 5.74) is 4.35. The molecule has 210 valence electrons. The van der Waals surface area contributed by atoms with Crippen molar-refractivity contribution in [1.82, 2.24) is 29.9 Å². The van der Waals surface area contributed by atoms with Crippen molar-refractivity contribution in [2.75, 3.05) is 6.54 Å². The summed E-state index contributed by atoms with van der Waals surface area (Å²) in [5, 5.41) is 11.3. The van der Waals surface area contributed by atoms with Gasteiger partial charge in [-0.15, -0.1) is 5.10 Å². The molecule has 42 heavy (non-hydrogen) atoms. The summed E-state index contributed by atoms with van der Waals surface area (Å²) in [6.07, 6.45) is 4.06. The summed E-state index contributed by atoms with van der Waals surface area (Å²) < 4.78 is 2.85. The van der Waals surface area contributed by atoms with Crippen LogP contribution in [-0.2, 0) is 24.1 Å². The molecule has 0 aliphatic carbocycles. The van der Waals surface area contributed by atoms with Crippen LogP contribution in [0.5, 0.6) is 0 Å². The van der Waals surface area contributed by atoms with Crippen molar-refractivity contribution in [2.24, 2.45) is 0 Å². The van der Waals surface area contributed by atoms with Crippen LogP contribution in [0.25, 0.3) is 16.9 Å². The fraction of sp³-hybridized carbons (Fsp3) is 0.161. The van der Waals surface area contributed by atoms with E-state index in [1.165, 1.54) is 27.8 Å². The Kier molecular flexibility index (Phi) is 7.69. The molecule has 9 nitrogen and oxygen atoms in total. The van der Waals surface area contributed by atoms with Gasteiger partial charge in [-0.3, -0.25) is 19.0 Å². The van der Waals surface area contributed by atoms with Crippen molar-refractivity contribution < 1.29 is 9.59 Å². The molecule has 1 atom stereocenters. The lowest BCUT2D eigenvalue weighted by Crippen LogP contribution is -2.33. The van der Waals surface area contributed by atoms with E-state index in [1.807, 2.05) is 36.4 Å². The van der Waals surface area contributed by atoms with Crippen LogP contribution < -0.4 is 10.9 Å². The van der Waals surface area contributed by atoms with Gasteiger partial charge in [-0.1, -0.05) is 70.9 Å². The molecule has 6 rings (SSSR count). The van der Waals surface area contributed by atoms with Gasteiger partial charge in [0.25, 0.3) is 11.5 Å². The number of hydrogen-bond acceptors (Lipinski definition) is 6. The molecule has 5 aromatic rings. The summed E-state index contributed by atoms with van der Waals surface area (Å²) in [4.78, 5) is 44.2. The average molecular weight is 599 g/mol. The van der Waals surface area contributed by atoms with Gasteiger partial charge in [0, 0.05) is 41.6 Å². The Labute approximate surface area is 250 Å². The standard InChI is InChI=1S/C31H24Cl2N6O3/c32-22-7-9-26(39-17-29(33)36-37-39)24(15-22)25-16-30(41)38(18-35-25)27(13-19-4-2-1-3-5-19)28(40)14-20-6-8-23-21(12-20)10-11-34-31(23)42/h1-9,12,15-18,27H,10-11,13-14H2,(H,34,42)/t27-/m0/s1. The molecule has 1 amide bonds. The maximum Gasteiger partial charge on any atom is 0.254 e. The Balaban J connectivity index is 1.35. The van der Waals surface area contributed by atoms with Gasteiger partial charge >= 0.3 is 0 Å². The molecule has 2 aromatic heterocycles. The number of amides is 1. The minimum Gasteiger partial charge on any atom is -0.352 e. The second-order valence-electron chi connectivity index (χ2n) is 10.0. The van der Waals surface area contributed by atoms with Gasteiger partial charge in [-0.05, 0) is 47.4 Å². The number of aromatic nitrogens is 5. The summed E-state index contributed by atoms with van der Waals surface area (Å²) in [6.45, 7) is 0.561. The number of nitrogens with one attached hydrogen (secondary N) is 1. The number of carbonyl (C=O) groups is 2. The number of nitrogens with zero attached hydrogens (tertiary/aromatic N) is 5. The number of hydrogen-bond donors (Lipinski definition) is 1. The Bertz CT molecular complexity index is 1870. The SMILES string of the molecule is O=C1NCCc2cc(CC(=O)[C@H](Cc3ccccc3)n3cnc(-c4cc(Cl)ccc4-n4cc(Cl)nn4)cc3=O)ccc21. The van der Waals surface area contributed by atoms with Crippen LogP contribution in [0.1, 0.15) is 33.1 Å². The van der Waals surface area contributed by atoms with E-state index < -0.39 is 6.04 Å². The van der Waals surface area contributed by atoms with Crippen LogP contribution in [0, 0.1) is 0 Å². The normalized spacial score (nSPS) is 13.3. The Morgan fingerprint density at radius 2 is 1.79 bits per heavy atom. The molecular formula is C31H24Cl2N6O3.